The molecule has 0 saturated carbocycles. The maximum atomic E-state index is 12.9. The van der Waals surface area contributed by atoms with Crippen molar-refractivity contribution in [2.45, 2.75) is 25.4 Å². The van der Waals surface area contributed by atoms with E-state index in [1.165, 1.54) is 11.6 Å². The zero-order valence-corrected chi connectivity index (χ0v) is 15.6. The monoisotopic (exact) mass is 368 g/mol. The largest absolute Gasteiger partial charge is 0.341 e. The SMILES string of the molecule is Cn1c(=O)c2c(nc(N3CCC[C@@H](N)C3)n2Cc2ccccc2)n(C)c1=O. The molecule has 27 heavy (non-hydrogen) atoms. The molecule has 1 fully saturated rings. The fourth-order valence-electron chi connectivity index (χ4n) is 3.78. The van der Waals surface area contributed by atoms with E-state index in [0.29, 0.717) is 30.2 Å². The molecular formula is C19H24N6O2. The van der Waals surface area contributed by atoms with Crippen LogP contribution in [-0.2, 0) is 20.6 Å². The minimum absolute atomic E-state index is 0.0791. The van der Waals surface area contributed by atoms with Gasteiger partial charge in [-0.15, -0.1) is 0 Å². The Morgan fingerprint density at radius 3 is 2.59 bits per heavy atom. The number of piperidine rings is 1. The number of imidazole rings is 1. The third kappa shape index (κ3) is 2.95. The van der Waals surface area contributed by atoms with Gasteiger partial charge in [0.15, 0.2) is 11.2 Å². The second-order valence-corrected chi connectivity index (χ2v) is 7.21. The first-order valence-corrected chi connectivity index (χ1v) is 9.18. The molecule has 0 unspecified atom stereocenters. The van der Waals surface area contributed by atoms with E-state index in [0.717, 1.165) is 29.5 Å². The molecule has 1 atom stereocenters. The van der Waals surface area contributed by atoms with Crippen LogP contribution in [0, 0.1) is 0 Å². The number of fused-ring (bicyclic) bond motifs is 1. The highest BCUT2D eigenvalue weighted by Crippen LogP contribution is 2.24. The summed E-state index contributed by atoms with van der Waals surface area (Å²) >= 11 is 0. The topological polar surface area (TPSA) is 91.1 Å². The molecule has 3 aromatic rings. The maximum absolute atomic E-state index is 12.9. The van der Waals surface area contributed by atoms with Gasteiger partial charge in [-0.05, 0) is 18.4 Å². The van der Waals surface area contributed by atoms with Gasteiger partial charge < -0.3 is 10.6 Å². The van der Waals surface area contributed by atoms with Gasteiger partial charge in [-0.3, -0.25) is 18.5 Å². The molecule has 0 bridgehead atoms. The van der Waals surface area contributed by atoms with Crippen molar-refractivity contribution in [3.05, 3.63) is 56.7 Å². The summed E-state index contributed by atoms with van der Waals surface area (Å²) < 4.78 is 4.49. The number of anilines is 1. The zero-order valence-electron chi connectivity index (χ0n) is 15.6. The lowest BCUT2D eigenvalue weighted by atomic mass is 10.1. The molecular weight excluding hydrogens is 344 g/mol. The highest BCUT2D eigenvalue weighted by molar-refractivity contribution is 5.74. The minimum Gasteiger partial charge on any atom is -0.341 e. The van der Waals surface area contributed by atoms with Crippen LogP contribution in [-0.4, -0.2) is 37.8 Å². The van der Waals surface area contributed by atoms with Gasteiger partial charge in [-0.25, -0.2) is 4.79 Å². The number of hydrogen-bond acceptors (Lipinski definition) is 5. The van der Waals surface area contributed by atoms with Crippen molar-refractivity contribution in [1.29, 1.82) is 0 Å². The Hall–Kier alpha value is -2.87. The lowest BCUT2D eigenvalue weighted by Crippen LogP contribution is -2.44. The van der Waals surface area contributed by atoms with Gasteiger partial charge in [-0.1, -0.05) is 30.3 Å². The second-order valence-electron chi connectivity index (χ2n) is 7.21. The summed E-state index contributed by atoms with van der Waals surface area (Å²) in [7, 11) is 3.15. The van der Waals surface area contributed by atoms with Crippen LogP contribution >= 0.6 is 0 Å². The normalized spacial score (nSPS) is 17.6. The van der Waals surface area contributed by atoms with Crippen molar-refractivity contribution in [3.8, 4) is 0 Å². The van der Waals surface area contributed by atoms with Crippen LogP contribution in [0.2, 0.25) is 0 Å². The van der Waals surface area contributed by atoms with Crippen LogP contribution in [0.1, 0.15) is 18.4 Å². The zero-order chi connectivity index (χ0) is 19.1. The molecule has 1 aliphatic heterocycles. The Balaban J connectivity index is 1.97. The van der Waals surface area contributed by atoms with E-state index in [1.54, 1.807) is 7.05 Å². The van der Waals surface area contributed by atoms with Crippen molar-refractivity contribution >= 4 is 17.1 Å². The van der Waals surface area contributed by atoms with E-state index >= 15 is 0 Å². The first-order valence-electron chi connectivity index (χ1n) is 9.18. The summed E-state index contributed by atoms with van der Waals surface area (Å²) in [6.45, 7) is 2.03. The number of nitrogens with zero attached hydrogens (tertiary/aromatic N) is 5. The molecule has 2 N–H and O–H groups in total. The van der Waals surface area contributed by atoms with Crippen LogP contribution in [0.25, 0.3) is 11.2 Å². The molecule has 1 aromatic carbocycles. The number of rotatable bonds is 3. The first-order chi connectivity index (χ1) is 13.0. The van der Waals surface area contributed by atoms with Crippen LogP contribution in [0.3, 0.4) is 0 Å². The van der Waals surface area contributed by atoms with Crippen LogP contribution < -0.4 is 21.9 Å². The maximum Gasteiger partial charge on any atom is 0.332 e. The highest BCUT2D eigenvalue weighted by atomic mass is 16.2. The number of aryl methyl sites for hydroxylation is 1. The van der Waals surface area contributed by atoms with Gasteiger partial charge in [0.25, 0.3) is 5.56 Å². The van der Waals surface area contributed by atoms with Crippen LogP contribution in [0.4, 0.5) is 5.95 Å². The molecule has 8 nitrogen and oxygen atoms in total. The molecule has 0 amide bonds. The third-order valence-electron chi connectivity index (χ3n) is 5.25. The first kappa shape index (κ1) is 17.5. The fraction of sp³-hybridized carbons (Fsp3) is 0.421. The molecule has 3 heterocycles. The number of nitrogens with two attached hydrogens (primary N) is 1. The molecule has 8 heteroatoms. The Morgan fingerprint density at radius 2 is 1.89 bits per heavy atom. The van der Waals surface area contributed by atoms with E-state index in [2.05, 4.69) is 4.90 Å². The molecule has 142 valence electrons. The standard InChI is InChI=1S/C19H24N6O2/c1-22-16-15(17(26)23(2)19(22)27)25(11-13-7-4-3-5-8-13)18(21-16)24-10-6-9-14(20)12-24/h3-5,7-8,14H,6,9-12,20H2,1-2H3/t14-/m1/s1. The van der Waals surface area contributed by atoms with Crippen molar-refractivity contribution in [2.24, 2.45) is 19.8 Å². The summed E-state index contributed by atoms with van der Waals surface area (Å²) in [5.74, 6) is 0.697. The summed E-state index contributed by atoms with van der Waals surface area (Å²) in [4.78, 5) is 32.1. The van der Waals surface area contributed by atoms with Gasteiger partial charge >= 0.3 is 5.69 Å². The van der Waals surface area contributed by atoms with Gasteiger partial charge in [0.2, 0.25) is 5.95 Å². The average Bonchev–Trinajstić information content (AvgIpc) is 3.05. The predicted molar refractivity (Wildman–Crippen MR) is 105 cm³/mol. The van der Waals surface area contributed by atoms with Gasteiger partial charge in [0, 0.05) is 33.2 Å². The van der Waals surface area contributed by atoms with Crippen molar-refractivity contribution in [1.82, 2.24) is 18.7 Å². The lowest BCUT2D eigenvalue weighted by molar-refractivity contribution is 0.495. The summed E-state index contributed by atoms with van der Waals surface area (Å²) in [5, 5.41) is 0. The van der Waals surface area contributed by atoms with Crippen LogP contribution in [0.5, 0.6) is 0 Å². The summed E-state index contributed by atoms with van der Waals surface area (Å²) in [6, 6.07) is 10.0. The van der Waals surface area contributed by atoms with E-state index in [-0.39, 0.29) is 17.3 Å². The third-order valence-corrected chi connectivity index (χ3v) is 5.25. The smallest absolute Gasteiger partial charge is 0.332 e. The Bertz CT molecular complexity index is 1100. The van der Waals surface area contributed by atoms with Gasteiger partial charge in [0.1, 0.15) is 0 Å². The molecule has 0 radical (unpaired) electrons. The Labute approximate surface area is 156 Å². The Kier molecular flexibility index (Phi) is 4.35. The highest BCUT2D eigenvalue weighted by Gasteiger charge is 2.25. The van der Waals surface area contributed by atoms with E-state index in [9.17, 15) is 9.59 Å². The molecule has 4 rings (SSSR count). The van der Waals surface area contributed by atoms with E-state index in [1.807, 2.05) is 34.9 Å². The van der Waals surface area contributed by atoms with Gasteiger partial charge in [-0.2, -0.15) is 4.98 Å². The number of aromatic nitrogens is 4. The molecule has 0 spiro atoms. The van der Waals surface area contributed by atoms with Gasteiger partial charge in [0.05, 0.1) is 6.54 Å². The molecule has 2 aromatic heterocycles. The van der Waals surface area contributed by atoms with Crippen molar-refractivity contribution in [2.75, 3.05) is 18.0 Å². The Morgan fingerprint density at radius 1 is 1.15 bits per heavy atom. The molecule has 1 saturated heterocycles. The lowest BCUT2D eigenvalue weighted by Gasteiger charge is -2.31. The second kappa shape index (κ2) is 6.70. The minimum atomic E-state index is -0.376. The van der Waals surface area contributed by atoms with E-state index < -0.39 is 0 Å². The predicted octanol–water partition coefficient (Wildman–Crippen LogP) is 0.410. The van der Waals surface area contributed by atoms with Crippen molar-refractivity contribution in [3.63, 3.8) is 0 Å². The summed E-state index contributed by atoms with van der Waals surface area (Å²) in [5.41, 5.74) is 7.38. The fourth-order valence-corrected chi connectivity index (χ4v) is 3.78. The molecule has 0 aliphatic carbocycles. The number of hydrogen-bond donors (Lipinski definition) is 1. The van der Waals surface area contributed by atoms with Crippen LogP contribution in [0.15, 0.2) is 39.9 Å². The molecule has 1 aliphatic rings. The quantitative estimate of drug-likeness (QED) is 0.723. The summed E-state index contributed by atoms with van der Waals surface area (Å²) in [6.07, 6.45) is 1.96. The average molecular weight is 368 g/mol. The number of benzene rings is 1. The van der Waals surface area contributed by atoms with E-state index in [4.69, 9.17) is 10.7 Å². The van der Waals surface area contributed by atoms with Crippen molar-refractivity contribution < 1.29 is 0 Å².